The third kappa shape index (κ3) is 4.41. The Balaban J connectivity index is 1.81. The van der Waals surface area contributed by atoms with Gasteiger partial charge in [-0.25, -0.2) is 8.78 Å². The largest absolute Gasteiger partial charge is 0.497 e. The maximum atomic E-state index is 14.0. The van der Waals surface area contributed by atoms with Gasteiger partial charge in [0.25, 0.3) is 0 Å². The highest BCUT2D eigenvalue weighted by molar-refractivity contribution is 6.33. The van der Waals surface area contributed by atoms with Crippen molar-refractivity contribution in [1.29, 1.82) is 0 Å². The van der Waals surface area contributed by atoms with Crippen LogP contribution in [0, 0.1) is 11.6 Å². The zero-order valence-corrected chi connectivity index (χ0v) is 17.7. The summed E-state index contributed by atoms with van der Waals surface area (Å²) in [6.07, 6.45) is -0.682. The predicted molar refractivity (Wildman–Crippen MR) is 115 cm³/mol. The molecular formula is C21H18ClF2N5O3. The second-order valence-corrected chi connectivity index (χ2v) is 7.31. The summed E-state index contributed by atoms with van der Waals surface area (Å²) in [4.78, 5) is 8.56. The number of halogens is 3. The quantitative estimate of drug-likeness (QED) is 0.371. The number of rotatable bonds is 7. The zero-order chi connectivity index (χ0) is 22.8. The molecule has 2 aromatic heterocycles. The van der Waals surface area contributed by atoms with Crippen molar-refractivity contribution in [3.05, 3.63) is 53.1 Å². The van der Waals surface area contributed by atoms with Gasteiger partial charge in [0.05, 0.1) is 23.6 Å². The van der Waals surface area contributed by atoms with Crippen molar-refractivity contribution in [2.45, 2.75) is 13.0 Å². The van der Waals surface area contributed by atoms with Crippen LogP contribution in [0.3, 0.4) is 0 Å². The molecule has 0 radical (unpaired) electrons. The molecule has 0 fully saturated rings. The molecule has 1 unspecified atom stereocenters. The Morgan fingerprint density at radius 1 is 1.19 bits per heavy atom. The van der Waals surface area contributed by atoms with Gasteiger partial charge >= 0.3 is 6.01 Å². The van der Waals surface area contributed by atoms with Crippen LogP contribution in [0.5, 0.6) is 17.5 Å². The Kier molecular flexibility index (Phi) is 6.06. The van der Waals surface area contributed by atoms with E-state index in [0.29, 0.717) is 33.5 Å². The first-order valence-electron chi connectivity index (χ1n) is 9.50. The van der Waals surface area contributed by atoms with Crippen LogP contribution in [0.4, 0.5) is 14.6 Å². The van der Waals surface area contributed by atoms with Crippen LogP contribution >= 0.6 is 11.6 Å². The molecule has 0 aliphatic heterocycles. The number of anilines is 1. The number of aromatic nitrogens is 4. The molecule has 8 nitrogen and oxygen atoms in total. The Hall–Kier alpha value is -3.50. The molecule has 0 aliphatic carbocycles. The summed E-state index contributed by atoms with van der Waals surface area (Å²) < 4.78 is 37.8. The van der Waals surface area contributed by atoms with Crippen molar-refractivity contribution in [3.8, 4) is 28.8 Å². The van der Waals surface area contributed by atoms with Crippen LogP contribution in [-0.4, -0.2) is 45.0 Å². The van der Waals surface area contributed by atoms with Gasteiger partial charge < -0.3 is 19.9 Å². The average Bonchev–Trinajstić information content (AvgIpc) is 3.17. The average molecular weight is 462 g/mol. The molecule has 4 rings (SSSR count). The van der Waals surface area contributed by atoms with Crippen molar-refractivity contribution in [3.63, 3.8) is 0 Å². The molecule has 1 atom stereocenters. The van der Waals surface area contributed by atoms with E-state index in [2.05, 4.69) is 25.5 Å². The summed E-state index contributed by atoms with van der Waals surface area (Å²) in [6.45, 7) is 1.77. The summed E-state index contributed by atoms with van der Waals surface area (Å²) in [5, 5.41) is 20.7. The lowest BCUT2D eigenvalue weighted by atomic mass is 10.1. The fourth-order valence-corrected chi connectivity index (χ4v) is 3.25. The maximum absolute atomic E-state index is 14.0. The van der Waals surface area contributed by atoms with E-state index in [4.69, 9.17) is 21.1 Å². The first kappa shape index (κ1) is 21.7. The van der Waals surface area contributed by atoms with E-state index in [1.807, 2.05) is 0 Å². The van der Waals surface area contributed by atoms with Gasteiger partial charge in [0.1, 0.15) is 23.1 Å². The van der Waals surface area contributed by atoms with E-state index in [-0.39, 0.29) is 29.8 Å². The molecule has 11 heteroatoms. The number of hydrogen-bond donors (Lipinski definition) is 3. The lowest BCUT2D eigenvalue weighted by molar-refractivity contribution is 0.208. The van der Waals surface area contributed by atoms with Crippen molar-refractivity contribution in [2.24, 2.45) is 0 Å². The van der Waals surface area contributed by atoms with E-state index in [9.17, 15) is 13.9 Å². The van der Waals surface area contributed by atoms with Gasteiger partial charge in [0, 0.05) is 18.2 Å². The standard InChI is InChI=1S/C21H18ClF2N5O3/c1-10(30)9-25-19-17-18(13-5-4-12(31-2)8-14(13)22)28-29-20(17)27-21(26-19)32-16-6-3-11(23)7-15(16)24/h3-8,10,30H,9H2,1-2H3,(H2,25,26,27,28,29). The Bertz CT molecular complexity index is 1280. The summed E-state index contributed by atoms with van der Waals surface area (Å²) in [5.41, 5.74) is 1.34. The summed E-state index contributed by atoms with van der Waals surface area (Å²) in [7, 11) is 1.53. The molecule has 2 heterocycles. The number of nitrogens with one attached hydrogen (secondary N) is 2. The predicted octanol–water partition coefficient (Wildman–Crippen LogP) is 4.55. The minimum absolute atomic E-state index is 0.164. The van der Waals surface area contributed by atoms with Crippen LogP contribution < -0.4 is 14.8 Å². The number of benzene rings is 2. The highest BCUT2D eigenvalue weighted by Gasteiger charge is 2.20. The van der Waals surface area contributed by atoms with E-state index in [0.717, 1.165) is 12.1 Å². The number of aromatic amines is 1. The molecule has 166 valence electrons. The van der Waals surface area contributed by atoms with Gasteiger partial charge in [-0.1, -0.05) is 11.6 Å². The summed E-state index contributed by atoms with van der Waals surface area (Å²) in [6, 6.07) is 7.82. The monoisotopic (exact) mass is 461 g/mol. The number of hydrogen-bond acceptors (Lipinski definition) is 7. The minimum atomic E-state index is -0.900. The Labute approximate surface area is 186 Å². The van der Waals surface area contributed by atoms with E-state index in [1.165, 1.54) is 7.11 Å². The van der Waals surface area contributed by atoms with Crippen LogP contribution in [0.1, 0.15) is 6.92 Å². The molecule has 2 aromatic carbocycles. The molecule has 0 spiro atoms. The van der Waals surface area contributed by atoms with E-state index in [1.54, 1.807) is 25.1 Å². The van der Waals surface area contributed by atoms with Crippen LogP contribution in [0.2, 0.25) is 5.02 Å². The number of fused-ring (bicyclic) bond motifs is 1. The molecule has 0 amide bonds. The molecule has 3 N–H and O–H groups in total. The van der Waals surface area contributed by atoms with Crippen molar-refractivity contribution >= 4 is 28.5 Å². The van der Waals surface area contributed by atoms with Crippen LogP contribution in [0.15, 0.2) is 36.4 Å². The van der Waals surface area contributed by atoms with Crippen molar-refractivity contribution in [1.82, 2.24) is 20.2 Å². The van der Waals surface area contributed by atoms with E-state index < -0.39 is 17.7 Å². The summed E-state index contributed by atoms with van der Waals surface area (Å²) >= 11 is 6.42. The lowest BCUT2D eigenvalue weighted by Gasteiger charge is -2.12. The maximum Gasteiger partial charge on any atom is 0.326 e. The van der Waals surface area contributed by atoms with Gasteiger partial charge in [0.15, 0.2) is 17.2 Å². The van der Waals surface area contributed by atoms with Gasteiger partial charge in [-0.3, -0.25) is 5.10 Å². The fourth-order valence-electron chi connectivity index (χ4n) is 2.99. The van der Waals surface area contributed by atoms with Crippen molar-refractivity contribution < 1.29 is 23.4 Å². The molecule has 0 aliphatic rings. The van der Waals surface area contributed by atoms with Gasteiger partial charge in [-0.15, -0.1) is 0 Å². The van der Waals surface area contributed by atoms with Crippen LogP contribution in [-0.2, 0) is 0 Å². The molecule has 4 aromatic rings. The van der Waals surface area contributed by atoms with Gasteiger partial charge in [-0.05, 0) is 37.3 Å². The smallest absolute Gasteiger partial charge is 0.326 e. The summed E-state index contributed by atoms with van der Waals surface area (Å²) in [5.74, 6) is -1.02. The van der Waals surface area contributed by atoms with Gasteiger partial charge in [0.2, 0.25) is 0 Å². The number of aliphatic hydroxyl groups is 1. The first-order valence-corrected chi connectivity index (χ1v) is 9.88. The van der Waals surface area contributed by atoms with E-state index >= 15 is 0 Å². The number of ether oxygens (including phenoxy) is 2. The zero-order valence-electron chi connectivity index (χ0n) is 17.0. The minimum Gasteiger partial charge on any atom is -0.497 e. The lowest BCUT2D eigenvalue weighted by Crippen LogP contribution is -2.16. The normalized spacial score (nSPS) is 12.1. The highest BCUT2D eigenvalue weighted by atomic mass is 35.5. The molecule has 0 saturated heterocycles. The second-order valence-electron chi connectivity index (χ2n) is 6.90. The SMILES string of the molecule is COc1ccc(-c2n[nH]c3nc(Oc4ccc(F)cc4F)nc(NCC(C)O)c23)c(Cl)c1. The third-order valence-electron chi connectivity index (χ3n) is 4.49. The molecular weight excluding hydrogens is 444 g/mol. The topological polar surface area (TPSA) is 105 Å². The number of nitrogens with zero attached hydrogens (tertiary/aromatic N) is 3. The molecule has 0 saturated carbocycles. The number of H-pyrrole nitrogens is 1. The van der Waals surface area contributed by atoms with Gasteiger partial charge in [-0.2, -0.15) is 15.1 Å². The molecule has 32 heavy (non-hydrogen) atoms. The third-order valence-corrected chi connectivity index (χ3v) is 4.80. The van der Waals surface area contributed by atoms with Crippen molar-refractivity contribution in [2.75, 3.05) is 19.0 Å². The molecule has 0 bridgehead atoms. The Morgan fingerprint density at radius 3 is 2.69 bits per heavy atom. The Morgan fingerprint density at radius 2 is 2.00 bits per heavy atom. The first-order chi connectivity index (χ1) is 15.4. The second kappa shape index (κ2) is 8.93. The number of aliphatic hydroxyl groups excluding tert-OH is 1. The fraction of sp³-hybridized carbons (Fsp3) is 0.190. The van der Waals surface area contributed by atoms with Crippen LogP contribution in [0.25, 0.3) is 22.3 Å². The number of methoxy groups -OCH3 is 1. The highest BCUT2D eigenvalue weighted by Crippen LogP contribution is 2.37.